The monoisotopic (exact) mass is 221 g/mol. The number of nitrogens with one attached hydrogen (secondary N) is 1. The molecule has 0 saturated heterocycles. The van der Waals surface area contributed by atoms with Gasteiger partial charge in [-0.15, -0.1) is 11.3 Å². The zero-order valence-corrected chi connectivity index (χ0v) is 8.92. The molecule has 3 rings (SSSR count). The van der Waals surface area contributed by atoms with Crippen LogP contribution in [0, 0.1) is 0 Å². The topological polar surface area (TPSA) is 34.4 Å². The first kappa shape index (κ1) is 8.85. The lowest BCUT2D eigenvalue weighted by molar-refractivity contribution is 0.199. The third-order valence-corrected chi connectivity index (χ3v) is 3.28. The highest BCUT2D eigenvalue weighted by molar-refractivity contribution is 7.14. The molecule has 15 heavy (non-hydrogen) atoms. The smallest absolute Gasteiger partial charge is 0.154 e. The predicted octanol–water partition coefficient (Wildman–Crippen LogP) is 2.76. The normalized spacial score (nSPS) is 19.1. The number of fused-ring (bicyclic) bond motifs is 1. The summed E-state index contributed by atoms with van der Waals surface area (Å²) < 4.78 is 11.1. The van der Waals surface area contributed by atoms with Crippen molar-refractivity contribution in [2.75, 3.05) is 11.9 Å². The predicted molar refractivity (Wildman–Crippen MR) is 59.6 cm³/mol. The molecular weight excluding hydrogens is 210 g/mol. The van der Waals surface area contributed by atoms with Crippen molar-refractivity contribution >= 4 is 16.3 Å². The van der Waals surface area contributed by atoms with E-state index in [9.17, 15) is 0 Å². The van der Waals surface area contributed by atoms with E-state index in [1.54, 1.807) is 17.6 Å². The molecule has 0 spiro atoms. The maximum Gasteiger partial charge on any atom is 0.154 e. The van der Waals surface area contributed by atoms with Crippen molar-refractivity contribution in [3.63, 3.8) is 0 Å². The lowest BCUT2D eigenvalue weighted by Crippen LogP contribution is -2.31. The number of hydrogen-bond acceptors (Lipinski definition) is 4. The molecule has 1 aliphatic heterocycles. The minimum Gasteiger partial charge on any atom is -0.485 e. The molecule has 0 fully saturated rings. The summed E-state index contributed by atoms with van der Waals surface area (Å²) in [6.07, 6.45) is 2.68. The van der Waals surface area contributed by atoms with E-state index in [0.29, 0.717) is 0 Å². The minimum absolute atomic E-state index is 0.165. The van der Waals surface area contributed by atoms with Gasteiger partial charge >= 0.3 is 0 Å². The van der Waals surface area contributed by atoms with Gasteiger partial charge in [0.2, 0.25) is 0 Å². The molecule has 0 aliphatic carbocycles. The fraction of sp³-hybridized carbons (Fsp3) is 0.273. The summed E-state index contributed by atoms with van der Waals surface area (Å²) in [7, 11) is 0. The van der Waals surface area contributed by atoms with E-state index < -0.39 is 0 Å². The lowest BCUT2D eigenvalue weighted by atomic mass is 10.2. The maximum atomic E-state index is 5.83. The standard InChI is InChI=1S/C11H11NO2S/c1-2-8(13-4-1)6-9-7-12-11-10(14-9)3-5-15-11/h1-5,9,12H,6-7H2. The molecule has 2 aromatic heterocycles. The number of anilines is 1. The molecule has 0 saturated carbocycles. The zero-order valence-electron chi connectivity index (χ0n) is 8.10. The maximum absolute atomic E-state index is 5.83. The Hall–Kier alpha value is -1.42. The summed E-state index contributed by atoms with van der Waals surface area (Å²) in [5.41, 5.74) is 0. The molecule has 0 amide bonds. The van der Waals surface area contributed by atoms with E-state index in [1.807, 2.05) is 23.6 Å². The van der Waals surface area contributed by atoms with Gasteiger partial charge in [-0.1, -0.05) is 0 Å². The molecule has 1 N–H and O–H groups in total. The van der Waals surface area contributed by atoms with Crippen LogP contribution in [0.4, 0.5) is 5.00 Å². The summed E-state index contributed by atoms with van der Waals surface area (Å²) in [5, 5.41) is 6.52. The van der Waals surface area contributed by atoms with E-state index in [0.717, 1.165) is 29.5 Å². The average molecular weight is 221 g/mol. The van der Waals surface area contributed by atoms with Gasteiger partial charge in [-0.3, -0.25) is 0 Å². The van der Waals surface area contributed by atoms with E-state index in [-0.39, 0.29) is 6.10 Å². The summed E-state index contributed by atoms with van der Waals surface area (Å²) in [6, 6.07) is 5.88. The van der Waals surface area contributed by atoms with Gasteiger partial charge < -0.3 is 14.5 Å². The van der Waals surface area contributed by atoms with Gasteiger partial charge in [0.1, 0.15) is 16.9 Å². The number of hydrogen-bond donors (Lipinski definition) is 1. The fourth-order valence-corrected chi connectivity index (χ4v) is 2.44. The van der Waals surface area contributed by atoms with Crippen molar-refractivity contribution < 1.29 is 9.15 Å². The van der Waals surface area contributed by atoms with Crippen LogP contribution in [0.2, 0.25) is 0 Å². The Labute approximate surface area is 91.7 Å². The molecule has 2 aromatic rings. The van der Waals surface area contributed by atoms with Gasteiger partial charge in [-0.2, -0.15) is 0 Å². The van der Waals surface area contributed by atoms with Crippen LogP contribution in [-0.2, 0) is 6.42 Å². The number of furan rings is 1. The molecular formula is C11H11NO2S. The van der Waals surface area contributed by atoms with Crippen molar-refractivity contribution in [3.8, 4) is 5.75 Å². The second-order valence-electron chi connectivity index (χ2n) is 3.52. The minimum atomic E-state index is 0.165. The highest BCUT2D eigenvalue weighted by Crippen LogP contribution is 2.34. The van der Waals surface area contributed by atoms with Crippen LogP contribution >= 0.6 is 11.3 Å². The highest BCUT2D eigenvalue weighted by atomic mass is 32.1. The summed E-state index contributed by atoms with van der Waals surface area (Å²) in [5.74, 6) is 1.93. The Morgan fingerprint density at radius 2 is 2.47 bits per heavy atom. The number of rotatable bonds is 2. The Morgan fingerprint density at radius 3 is 3.33 bits per heavy atom. The molecule has 3 nitrogen and oxygen atoms in total. The summed E-state index contributed by atoms with van der Waals surface area (Å²) >= 11 is 1.68. The average Bonchev–Trinajstić information content (AvgIpc) is 2.87. The van der Waals surface area contributed by atoms with E-state index >= 15 is 0 Å². The van der Waals surface area contributed by atoms with E-state index in [4.69, 9.17) is 9.15 Å². The molecule has 0 radical (unpaired) electrons. The van der Waals surface area contributed by atoms with Gasteiger partial charge in [0, 0.05) is 6.42 Å². The molecule has 1 aliphatic rings. The number of thiophene rings is 1. The van der Waals surface area contributed by atoms with Crippen molar-refractivity contribution in [1.29, 1.82) is 0 Å². The Bertz CT molecular complexity index is 435. The third-order valence-electron chi connectivity index (χ3n) is 2.42. The molecule has 78 valence electrons. The van der Waals surface area contributed by atoms with Crippen LogP contribution in [0.15, 0.2) is 34.3 Å². The molecule has 1 atom stereocenters. The quantitative estimate of drug-likeness (QED) is 0.846. The van der Waals surface area contributed by atoms with Crippen LogP contribution in [0.1, 0.15) is 5.76 Å². The van der Waals surface area contributed by atoms with Gasteiger partial charge in [0.25, 0.3) is 0 Å². The van der Waals surface area contributed by atoms with Crippen molar-refractivity contribution in [2.45, 2.75) is 12.5 Å². The van der Waals surface area contributed by atoms with Gasteiger partial charge in [-0.05, 0) is 23.6 Å². The number of ether oxygens (including phenoxy) is 1. The highest BCUT2D eigenvalue weighted by Gasteiger charge is 2.21. The Kier molecular flexibility index (Phi) is 2.14. The summed E-state index contributed by atoms with van der Waals surface area (Å²) in [6.45, 7) is 0.841. The van der Waals surface area contributed by atoms with Crippen molar-refractivity contribution in [2.24, 2.45) is 0 Å². The van der Waals surface area contributed by atoms with E-state index in [1.165, 1.54) is 0 Å². The molecule has 1 unspecified atom stereocenters. The van der Waals surface area contributed by atoms with Gasteiger partial charge in [0.05, 0.1) is 12.8 Å². The third kappa shape index (κ3) is 1.72. The van der Waals surface area contributed by atoms with Crippen LogP contribution in [0.25, 0.3) is 0 Å². The largest absolute Gasteiger partial charge is 0.485 e. The van der Waals surface area contributed by atoms with Crippen LogP contribution < -0.4 is 10.1 Å². The van der Waals surface area contributed by atoms with Crippen LogP contribution in [-0.4, -0.2) is 12.6 Å². The second kappa shape index (κ2) is 3.62. The van der Waals surface area contributed by atoms with Crippen molar-refractivity contribution in [3.05, 3.63) is 35.6 Å². The van der Waals surface area contributed by atoms with Gasteiger partial charge in [0.15, 0.2) is 5.75 Å². The van der Waals surface area contributed by atoms with Crippen molar-refractivity contribution in [1.82, 2.24) is 0 Å². The lowest BCUT2D eigenvalue weighted by Gasteiger charge is -2.24. The first-order valence-corrected chi connectivity index (χ1v) is 5.80. The first-order valence-electron chi connectivity index (χ1n) is 4.92. The SMILES string of the molecule is c1coc(CC2CNc3sccc3O2)c1. The Morgan fingerprint density at radius 1 is 1.47 bits per heavy atom. The van der Waals surface area contributed by atoms with Gasteiger partial charge in [-0.25, -0.2) is 0 Å². The van der Waals surface area contributed by atoms with Crippen LogP contribution in [0.5, 0.6) is 5.75 Å². The fourth-order valence-electron chi connectivity index (χ4n) is 1.71. The van der Waals surface area contributed by atoms with E-state index in [2.05, 4.69) is 5.32 Å². The first-order chi connectivity index (χ1) is 7.42. The second-order valence-corrected chi connectivity index (χ2v) is 4.43. The molecule has 0 bridgehead atoms. The van der Waals surface area contributed by atoms with Crippen LogP contribution in [0.3, 0.4) is 0 Å². The molecule has 0 aromatic carbocycles. The molecule has 3 heterocycles. The molecule has 4 heteroatoms. The zero-order chi connectivity index (χ0) is 10.1. The Balaban J connectivity index is 1.71. The summed E-state index contributed by atoms with van der Waals surface area (Å²) in [4.78, 5) is 0.